The average molecular weight is 438 g/mol. The van der Waals surface area contributed by atoms with Crippen molar-refractivity contribution in [2.45, 2.75) is 25.2 Å². The van der Waals surface area contributed by atoms with Gasteiger partial charge in [0.25, 0.3) is 0 Å². The van der Waals surface area contributed by atoms with Crippen LogP contribution in [-0.4, -0.2) is 27.5 Å². The van der Waals surface area contributed by atoms with Gasteiger partial charge in [-0.2, -0.15) is 0 Å². The molecule has 3 aromatic rings. The van der Waals surface area contributed by atoms with Crippen molar-refractivity contribution in [1.29, 1.82) is 0 Å². The van der Waals surface area contributed by atoms with E-state index in [1.807, 2.05) is 68.4 Å². The van der Waals surface area contributed by atoms with Gasteiger partial charge in [0.15, 0.2) is 0 Å². The highest BCUT2D eigenvalue weighted by molar-refractivity contribution is 7.89. The number of sulfonamides is 1. The summed E-state index contributed by atoms with van der Waals surface area (Å²) in [4.78, 5) is 14.8. The maximum atomic E-state index is 13.0. The van der Waals surface area contributed by atoms with Gasteiger partial charge in [0.2, 0.25) is 10.0 Å². The number of hydrogen-bond acceptors (Lipinski definition) is 3. The van der Waals surface area contributed by atoms with E-state index in [2.05, 4.69) is 10.0 Å². The van der Waals surface area contributed by atoms with Crippen molar-refractivity contribution in [3.05, 3.63) is 90.0 Å². The molecule has 0 bridgehead atoms. The molecule has 0 aliphatic rings. The van der Waals surface area contributed by atoms with Crippen molar-refractivity contribution in [1.82, 2.24) is 4.72 Å². The Bertz CT molecular complexity index is 1110. The summed E-state index contributed by atoms with van der Waals surface area (Å²) in [5, 5.41) is 2.95. The monoisotopic (exact) mass is 437 g/mol. The fraction of sp³-hybridized carbons (Fsp3) is 0.208. The lowest BCUT2D eigenvalue weighted by Gasteiger charge is -2.24. The smallest absolute Gasteiger partial charge is 0.307 e. The van der Waals surface area contributed by atoms with E-state index >= 15 is 0 Å². The van der Waals surface area contributed by atoms with Crippen LogP contribution < -0.4 is 14.9 Å². The predicted octanol–water partition coefficient (Wildman–Crippen LogP) is 4.71. The first-order valence-corrected chi connectivity index (χ1v) is 11.6. The van der Waals surface area contributed by atoms with Crippen LogP contribution in [0.5, 0.6) is 0 Å². The molecule has 2 amide bonds. The lowest BCUT2D eigenvalue weighted by atomic mass is 10.2. The largest absolute Gasteiger partial charge is 0.326 e. The standard InChI is InChI=1S/C24H27N3O3S/c1-19-13-15-22(16-14-19)31(29,30)25-17-8-18-27(21-10-4-3-5-11-21)24(28)26-23-12-7-6-9-20(23)2/h3-7,9-16,25H,8,17-18H2,1-2H3,(H,26,28). The average Bonchev–Trinajstić information content (AvgIpc) is 2.76. The molecule has 0 heterocycles. The van der Waals surface area contributed by atoms with Crippen LogP contribution in [-0.2, 0) is 10.0 Å². The number of para-hydroxylation sites is 2. The van der Waals surface area contributed by atoms with E-state index < -0.39 is 10.0 Å². The van der Waals surface area contributed by atoms with Gasteiger partial charge < -0.3 is 5.32 Å². The quantitative estimate of drug-likeness (QED) is 0.501. The summed E-state index contributed by atoms with van der Waals surface area (Å²) >= 11 is 0. The van der Waals surface area contributed by atoms with Crippen LogP contribution in [0.15, 0.2) is 83.8 Å². The molecular weight excluding hydrogens is 410 g/mol. The van der Waals surface area contributed by atoms with Crippen LogP contribution in [0.3, 0.4) is 0 Å². The van der Waals surface area contributed by atoms with Gasteiger partial charge in [0.1, 0.15) is 0 Å². The van der Waals surface area contributed by atoms with Gasteiger partial charge in [-0.05, 0) is 56.2 Å². The van der Waals surface area contributed by atoms with Gasteiger partial charge in [-0.3, -0.25) is 4.90 Å². The zero-order valence-corrected chi connectivity index (χ0v) is 18.5. The minimum absolute atomic E-state index is 0.219. The SMILES string of the molecule is Cc1ccc(S(=O)(=O)NCCCN(C(=O)Nc2ccccc2C)c2ccccc2)cc1. The fourth-order valence-corrected chi connectivity index (χ4v) is 4.17. The maximum absolute atomic E-state index is 13.0. The molecule has 0 atom stereocenters. The Hall–Kier alpha value is -3.16. The molecule has 31 heavy (non-hydrogen) atoms. The Morgan fingerprint density at radius 2 is 1.52 bits per heavy atom. The zero-order chi connectivity index (χ0) is 22.3. The summed E-state index contributed by atoms with van der Waals surface area (Å²) in [6, 6.07) is 23.3. The van der Waals surface area contributed by atoms with Crippen molar-refractivity contribution >= 4 is 27.4 Å². The Labute approximate surface area is 184 Å². The number of urea groups is 1. The van der Waals surface area contributed by atoms with E-state index in [4.69, 9.17) is 0 Å². The number of carbonyl (C=O) groups is 1. The minimum atomic E-state index is -3.58. The third-order valence-corrected chi connectivity index (χ3v) is 6.36. The van der Waals surface area contributed by atoms with Gasteiger partial charge in [0.05, 0.1) is 4.90 Å². The second kappa shape index (κ2) is 10.2. The van der Waals surface area contributed by atoms with Gasteiger partial charge >= 0.3 is 6.03 Å². The van der Waals surface area contributed by atoms with E-state index in [0.717, 1.165) is 22.5 Å². The molecule has 0 fully saturated rings. The second-order valence-corrected chi connectivity index (χ2v) is 9.06. The summed E-state index contributed by atoms with van der Waals surface area (Å²) in [5.74, 6) is 0. The molecule has 162 valence electrons. The number of nitrogens with zero attached hydrogens (tertiary/aromatic N) is 1. The molecule has 6 nitrogen and oxygen atoms in total. The summed E-state index contributed by atoms with van der Waals surface area (Å²) < 4.78 is 27.5. The Morgan fingerprint density at radius 1 is 0.871 bits per heavy atom. The molecule has 0 unspecified atom stereocenters. The number of benzene rings is 3. The molecule has 0 radical (unpaired) electrons. The Morgan fingerprint density at radius 3 is 2.19 bits per heavy atom. The number of carbonyl (C=O) groups excluding carboxylic acids is 1. The molecule has 0 saturated heterocycles. The number of nitrogens with one attached hydrogen (secondary N) is 2. The third kappa shape index (κ3) is 6.16. The highest BCUT2D eigenvalue weighted by Crippen LogP contribution is 2.18. The molecule has 0 aliphatic carbocycles. The van der Waals surface area contributed by atoms with Crippen LogP contribution in [0.4, 0.5) is 16.2 Å². The van der Waals surface area contributed by atoms with Crippen LogP contribution in [0, 0.1) is 13.8 Å². The first kappa shape index (κ1) is 22.5. The van der Waals surface area contributed by atoms with Crippen molar-refractivity contribution in [3.8, 4) is 0 Å². The van der Waals surface area contributed by atoms with Crippen LogP contribution in [0.1, 0.15) is 17.5 Å². The van der Waals surface area contributed by atoms with Crippen molar-refractivity contribution in [2.75, 3.05) is 23.3 Å². The molecule has 3 aromatic carbocycles. The predicted molar refractivity (Wildman–Crippen MR) is 125 cm³/mol. The molecule has 0 spiro atoms. The van der Waals surface area contributed by atoms with E-state index in [-0.39, 0.29) is 17.5 Å². The fourth-order valence-electron chi connectivity index (χ4n) is 3.10. The van der Waals surface area contributed by atoms with Crippen LogP contribution >= 0.6 is 0 Å². The molecule has 7 heteroatoms. The lowest BCUT2D eigenvalue weighted by molar-refractivity contribution is 0.257. The molecule has 0 aliphatic heterocycles. The summed E-state index contributed by atoms with van der Waals surface area (Å²) in [6.07, 6.45) is 0.460. The number of hydrogen-bond donors (Lipinski definition) is 2. The molecule has 3 rings (SSSR count). The zero-order valence-electron chi connectivity index (χ0n) is 17.7. The summed E-state index contributed by atoms with van der Waals surface area (Å²) in [7, 11) is -3.58. The highest BCUT2D eigenvalue weighted by atomic mass is 32.2. The van der Waals surface area contributed by atoms with Crippen molar-refractivity contribution in [3.63, 3.8) is 0 Å². The highest BCUT2D eigenvalue weighted by Gasteiger charge is 2.17. The molecule has 0 aromatic heterocycles. The van der Waals surface area contributed by atoms with Gasteiger partial charge in [-0.1, -0.05) is 54.1 Å². The number of aryl methyl sites for hydroxylation is 2. The van der Waals surface area contributed by atoms with Gasteiger partial charge in [-0.15, -0.1) is 0 Å². The van der Waals surface area contributed by atoms with E-state index in [1.54, 1.807) is 29.2 Å². The number of anilines is 2. The topological polar surface area (TPSA) is 78.5 Å². The minimum Gasteiger partial charge on any atom is -0.307 e. The number of rotatable bonds is 8. The van der Waals surface area contributed by atoms with Gasteiger partial charge in [0, 0.05) is 24.5 Å². The maximum Gasteiger partial charge on any atom is 0.326 e. The molecule has 2 N–H and O–H groups in total. The Balaban J connectivity index is 1.65. The summed E-state index contributed by atoms with van der Waals surface area (Å²) in [5.41, 5.74) is 3.45. The molecule has 0 saturated carbocycles. The van der Waals surface area contributed by atoms with E-state index in [9.17, 15) is 13.2 Å². The van der Waals surface area contributed by atoms with Crippen molar-refractivity contribution in [2.24, 2.45) is 0 Å². The number of amides is 2. The normalized spacial score (nSPS) is 11.2. The molecular formula is C24H27N3O3S. The lowest BCUT2D eigenvalue weighted by Crippen LogP contribution is -2.37. The Kier molecular flexibility index (Phi) is 7.44. The van der Waals surface area contributed by atoms with Crippen molar-refractivity contribution < 1.29 is 13.2 Å². The van der Waals surface area contributed by atoms with Crippen LogP contribution in [0.2, 0.25) is 0 Å². The summed E-state index contributed by atoms with van der Waals surface area (Å²) in [6.45, 7) is 4.42. The van der Waals surface area contributed by atoms with E-state index in [1.165, 1.54) is 0 Å². The van der Waals surface area contributed by atoms with Crippen LogP contribution in [0.25, 0.3) is 0 Å². The third-order valence-electron chi connectivity index (χ3n) is 4.88. The van der Waals surface area contributed by atoms with Gasteiger partial charge in [-0.25, -0.2) is 17.9 Å². The van der Waals surface area contributed by atoms with E-state index in [0.29, 0.717) is 13.0 Å². The first-order valence-electron chi connectivity index (χ1n) is 10.1. The second-order valence-electron chi connectivity index (χ2n) is 7.30. The first-order chi connectivity index (χ1) is 14.9.